The highest BCUT2D eigenvalue weighted by molar-refractivity contribution is 7.88. The zero-order chi connectivity index (χ0) is 19.4. The van der Waals surface area contributed by atoms with Crippen LogP contribution in [0.15, 0.2) is 30.3 Å². The van der Waals surface area contributed by atoms with Gasteiger partial charge in [-0.05, 0) is 5.56 Å². The minimum absolute atomic E-state index is 0.0272. The SMILES string of the molecule is CS(=O)(=O)NCCC(=O)N1C[C@@H]2OCCC(=O)N(Cc3ccccc3)[C@H]2C1. The number of amides is 2. The van der Waals surface area contributed by atoms with E-state index in [2.05, 4.69) is 4.72 Å². The van der Waals surface area contributed by atoms with Crippen LogP contribution in [0.1, 0.15) is 18.4 Å². The molecule has 1 aromatic rings. The average Bonchev–Trinajstić information content (AvgIpc) is 2.97. The molecule has 2 amide bonds. The Morgan fingerprint density at radius 2 is 2.00 bits per heavy atom. The summed E-state index contributed by atoms with van der Waals surface area (Å²) in [5, 5.41) is 0. The lowest BCUT2D eigenvalue weighted by atomic mass is 10.1. The molecule has 2 saturated heterocycles. The standard InChI is InChI=1S/C18H25N3O5S/c1-27(24,25)19-9-7-17(22)20-12-15-16(13-20)26-10-8-18(23)21(15)11-14-5-3-2-4-6-14/h2-6,15-16,19H,7-13H2,1H3/t15-,16-/m0/s1. The molecule has 9 heteroatoms. The minimum Gasteiger partial charge on any atom is -0.374 e. The normalized spacial score (nSPS) is 23.2. The first-order valence-corrected chi connectivity index (χ1v) is 10.9. The first kappa shape index (κ1) is 19.8. The van der Waals surface area contributed by atoms with Gasteiger partial charge in [0.05, 0.1) is 31.4 Å². The highest BCUT2D eigenvalue weighted by Crippen LogP contribution is 2.25. The fraction of sp³-hybridized carbons (Fsp3) is 0.556. The predicted octanol–water partition coefficient (Wildman–Crippen LogP) is -0.0458. The molecule has 1 N–H and O–H groups in total. The van der Waals surface area contributed by atoms with Crippen LogP contribution in [-0.2, 0) is 30.9 Å². The number of rotatable bonds is 6. The van der Waals surface area contributed by atoms with E-state index in [0.29, 0.717) is 32.7 Å². The van der Waals surface area contributed by atoms with Gasteiger partial charge in [0.25, 0.3) is 0 Å². The third-order valence-electron chi connectivity index (χ3n) is 4.86. The van der Waals surface area contributed by atoms with E-state index >= 15 is 0 Å². The van der Waals surface area contributed by atoms with Crippen molar-refractivity contribution >= 4 is 21.8 Å². The second kappa shape index (κ2) is 8.37. The molecule has 0 unspecified atom stereocenters. The quantitative estimate of drug-likeness (QED) is 0.729. The molecule has 2 fully saturated rings. The Morgan fingerprint density at radius 1 is 1.26 bits per heavy atom. The Morgan fingerprint density at radius 3 is 2.70 bits per heavy atom. The van der Waals surface area contributed by atoms with Gasteiger partial charge in [0.2, 0.25) is 21.8 Å². The molecule has 8 nitrogen and oxygen atoms in total. The van der Waals surface area contributed by atoms with Crippen molar-refractivity contribution in [2.75, 3.05) is 32.5 Å². The van der Waals surface area contributed by atoms with Gasteiger partial charge in [-0.3, -0.25) is 9.59 Å². The maximum atomic E-state index is 12.6. The van der Waals surface area contributed by atoms with Crippen molar-refractivity contribution in [3.05, 3.63) is 35.9 Å². The Bertz CT molecular complexity index is 783. The highest BCUT2D eigenvalue weighted by atomic mass is 32.2. The van der Waals surface area contributed by atoms with Crippen molar-refractivity contribution < 1.29 is 22.7 Å². The van der Waals surface area contributed by atoms with E-state index in [1.165, 1.54) is 0 Å². The first-order valence-electron chi connectivity index (χ1n) is 9.01. The number of ether oxygens (including phenoxy) is 1. The molecule has 0 bridgehead atoms. The van der Waals surface area contributed by atoms with Crippen LogP contribution < -0.4 is 4.72 Å². The largest absolute Gasteiger partial charge is 0.374 e. The van der Waals surface area contributed by atoms with Crippen LogP contribution in [0.5, 0.6) is 0 Å². The summed E-state index contributed by atoms with van der Waals surface area (Å²) in [4.78, 5) is 28.5. The van der Waals surface area contributed by atoms with E-state index in [1.807, 2.05) is 35.2 Å². The molecule has 2 aliphatic rings. The van der Waals surface area contributed by atoms with Gasteiger partial charge in [-0.15, -0.1) is 0 Å². The Labute approximate surface area is 159 Å². The van der Waals surface area contributed by atoms with Gasteiger partial charge < -0.3 is 14.5 Å². The van der Waals surface area contributed by atoms with Crippen LogP contribution in [0, 0.1) is 0 Å². The number of hydrogen-bond acceptors (Lipinski definition) is 5. The van der Waals surface area contributed by atoms with Crippen molar-refractivity contribution in [3.8, 4) is 0 Å². The second-order valence-electron chi connectivity index (χ2n) is 6.95. The van der Waals surface area contributed by atoms with E-state index in [4.69, 9.17) is 4.74 Å². The molecule has 2 aliphatic heterocycles. The van der Waals surface area contributed by atoms with Crippen LogP contribution in [0.2, 0.25) is 0 Å². The predicted molar refractivity (Wildman–Crippen MR) is 99.2 cm³/mol. The van der Waals surface area contributed by atoms with E-state index in [-0.39, 0.29) is 36.9 Å². The van der Waals surface area contributed by atoms with Gasteiger partial charge in [-0.1, -0.05) is 30.3 Å². The number of fused-ring (bicyclic) bond motifs is 1. The molecule has 0 aliphatic carbocycles. The molecular formula is C18H25N3O5S. The van der Waals surface area contributed by atoms with Crippen LogP contribution in [0.25, 0.3) is 0 Å². The van der Waals surface area contributed by atoms with Crippen LogP contribution >= 0.6 is 0 Å². The fourth-order valence-corrected chi connectivity index (χ4v) is 4.01. The van der Waals surface area contributed by atoms with Crippen LogP contribution in [-0.4, -0.2) is 74.7 Å². The second-order valence-corrected chi connectivity index (χ2v) is 8.78. The first-order chi connectivity index (χ1) is 12.8. The Hall–Kier alpha value is -1.97. The molecule has 148 valence electrons. The lowest BCUT2D eigenvalue weighted by molar-refractivity contribution is -0.135. The maximum absolute atomic E-state index is 12.6. The molecular weight excluding hydrogens is 370 g/mol. The van der Waals surface area contributed by atoms with Gasteiger partial charge in [-0.25, -0.2) is 13.1 Å². The number of nitrogens with zero attached hydrogens (tertiary/aromatic N) is 2. The number of likely N-dealkylation sites (tertiary alicyclic amines) is 1. The monoisotopic (exact) mass is 395 g/mol. The van der Waals surface area contributed by atoms with Gasteiger partial charge >= 0.3 is 0 Å². The molecule has 0 saturated carbocycles. The van der Waals surface area contributed by atoms with Gasteiger partial charge in [0.1, 0.15) is 0 Å². The highest BCUT2D eigenvalue weighted by Gasteiger charge is 2.42. The van der Waals surface area contributed by atoms with E-state index < -0.39 is 10.0 Å². The Kier molecular flexibility index (Phi) is 6.13. The van der Waals surface area contributed by atoms with Gasteiger partial charge in [0, 0.05) is 32.6 Å². The lowest BCUT2D eigenvalue weighted by Crippen LogP contribution is -2.45. The zero-order valence-corrected chi connectivity index (χ0v) is 16.2. The third kappa shape index (κ3) is 5.27. The molecule has 1 aromatic carbocycles. The smallest absolute Gasteiger partial charge is 0.225 e. The molecule has 2 heterocycles. The van der Waals surface area contributed by atoms with Gasteiger partial charge in [-0.2, -0.15) is 0 Å². The van der Waals surface area contributed by atoms with E-state index in [1.54, 1.807) is 4.90 Å². The van der Waals surface area contributed by atoms with Gasteiger partial charge in [0.15, 0.2) is 0 Å². The molecule has 3 rings (SSSR count). The molecule has 2 atom stereocenters. The third-order valence-corrected chi connectivity index (χ3v) is 5.59. The lowest BCUT2D eigenvalue weighted by Gasteiger charge is -2.29. The number of carbonyl (C=O) groups is 2. The Balaban J connectivity index is 1.65. The number of sulfonamides is 1. The van der Waals surface area contributed by atoms with Crippen LogP contribution in [0.3, 0.4) is 0 Å². The summed E-state index contributed by atoms with van der Waals surface area (Å²) < 4.78 is 30.4. The number of hydrogen-bond donors (Lipinski definition) is 1. The summed E-state index contributed by atoms with van der Waals surface area (Å²) in [6.45, 7) is 1.73. The molecule has 0 radical (unpaired) electrons. The summed E-state index contributed by atoms with van der Waals surface area (Å²) >= 11 is 0. The summed E-state index contributed by atoms with van der Waals surface area (Å²) in [6.07, 6.45) is 1.27. The van der Waals surface area contributed by atoms with E-state index in [9.17, 15) is 18.0 Å². The maximum Gasteiger partial charge on any atom is 0.225 e. The number of benzene rings is 1. The molecule has 0 aromatic heterocycles. The van der Waals surface area contributed by atoms with Crippen molar-refractivity contribution in [3.63, 3.8) is 0 Å². The van der Waals surface area contributed by atoms with E-state index in [0.717, 1.165) is 11.8 Å². The molecule has 27 heavy (non-hydrogen) atoms. The zero-order valence-electron chi connectivity index (χ0n) is 15.3. The summed E-state index contributed by atoms with van der Waals surface area (Å²) in [7, 11) is -3.32. The number of nitrogens with one attached hydrogen (secondary N) is 1. The summed E-state index contributed by atoms with van der Waals surface area (Å²) in [5.74, 6) is -0.116. The van der Waals surface area contributed by atoms with Crippen molar-refractivity contribution in [2.45, 2.75) is 31.5 Å². The minimum atomic E-state index is -3.32. The van der Waals surface area contributed by atoms with Crippen molar-refractivity contribution in [1.29, 1.82) is 0 Å². The fourth-order valence-electron chi connectivity index (χ4n) is 3.54. The summed E-state index contributed by atoms with van der Waals surface area (Å²) in [6, 6.07) is 9.56. The topological polar surface area (TPSA) is 96.0 Å². The van der Waals surface area contributed by atoms with Crippen molar-refractivity contribution in [2.24, 2.45) is 0 Å². The van der Waals surface area contributed by atoms with Crippen LogP contribution in [0.4, 0.5) is 0 Å². The van der Waals surface area contributed by atoms with Crippen molar-refractivity contribution in [1.82, 2.24) is 14.5 Å². The molecule has 0 spiro atoms. The average molecular weight is 395 g/mol. The summed E-state index contributed by atoms with van der Waals surface area (Å²) in [5.41, 5.74) is 1.04. The number of carbonyl (C=O) groups excluding carboxylic acids is 2.